The van der Waals surface area contributed by atoms with Crippen molar-refractivity contribution in [3.8, 4) is 5.75 Å². The van der Waals surface area contributed by atoms with Crippen LogP contribution in [0.5, 0.6) is 5.75 Å². The fraction of sp³-hybridized carbons (Fsp3) is 0.125. The van der Waals surface area contributed by atoms with Crippen LogP contribution in [0.15, 0.2) is 12.1 Å². The first-order chi connectivity index (χ1) is 7.97. The average Bonchev–Trinajstić information content (AvgIpc) is 2.25. The van der Waals surface area contributed by atoms with E-state index in [2.05, 4.69) is 4.74 Å². The molecule has 0 aliphatic rings. The molecule has 9 heteroatoms. The van der Waals surface area contributed by atoms with E-state index < -0.39 is 39.4 Å². The molecule has 0 amide bonds. The van der Waals surface area contributed by atoms with Gasteiger partial charge in [-0.2, -0.15) is 4.39 Å². The summed E-state index contributed by atoms with van der Waals surface area (Å²) in [5.41, 5.74) is -1.84. The average molecular weight is 243 g/mol. The highest BCUT2D eigenvalue weighted by Crippen LogP contribution is 2.33. The number of nitro benzene ring substituents is 2. The van der Waals surface area contributed by atoms with Crippen molar-refractivity contribution in [2.75, 3.05) is 6.61 Å². The second-order valence-electron chi connectivity index (χ2n) is 2.72. The fourth-order valence-corrected chi connectivity index (χ4v) is 1.04. The number of benzene rings is 1. The summed E-state index contributed by atoms with van der Waals surface area (Å²) < 4.78 is 17.7. The van der Waals surface area contributed by atoms with E-state index in [0.717, 1.165) is 0 Å². The molecule has 0 aromatic heterocycles. The summed E-state index contributed by atoms with van der Waals surface area (Å²) in [6.45, 7) is -0.641. The highest BCUT2D eigenvalue weighted by Gasteiger charge is 2.25. The minimum absolute atomic E-state index is 0.426. The van der Waals surface area contributed by atoms with Crippen LogP contribution in [0.4, 0.5) is 15.8 Å². The Kier molecular flexibility index (Phi) is 3.65. The van der Waals surface area contributed by atoms with Gasteiger partial charge in [-0.1, -0.05) is 0 Å². The quantitative estimate of drug-likeness (QED) is 0.565. The molecule has 0 fully saturated rings. The van der Waals surface area contributed by atoms with Gasteiger partial charge in [-0.25, -0.2) is 0 Å². The maximum Gasteiger partial charge on any atom is 0.318 e. The standard InChI is InChI=1S/C8H4FN2O6/c9-5-3-8(17-2-1-12)7(11(15)16)4-6(5)10(13)14/h3-4H,2H2. The van der Waals surface area contributed by atoms with Crippen molar-refractivity contribution in [1.29, 1.82) is 0 Å². The number of nitrogens with zero attached hydrogens (tertiary/aromatic N) is 2. The molecule has 0 spiro atoms. The van der Waals surface area contributed by atoms with Crippen molar-refractivity contribution in [3.05, 3.63) is 38.2 Å². The molecule has 0 aliphatic carbocycles. The molecule has 1 aromatic rings. The zero-order valence-corrected chi connectivity index (χ0v) is 8.08. The summed E-state index contributed by atoms with van der Waals surface area (Å²) in [5.74, 6) is -1.86. The highest BCUT2D eigenvalue weighted by atomic mass is 19.1. The Morgan fingerprint density at radius 3 is 2.29 bits per heavy atom. The van der Waals surface area contributed by atoms with E-state index in [-0.39, 0.29) is 0 Å². The molecule has 0 saturated heterocycles. The monoisotopic (exact) mass is 243 g/mol. The van der Waals surface area contributed by atoms with Gasteiger partial charge in [-0.05, 0) is 0 Å². The molecule has 8 nitrogen and oxygen atoms in total. The Bertz CT molecular complexity index is 489. The van der Waals surface area contributed by atoms with Crippen LogP contribution in [-0.2, 0) is 4.79 Å². The van der Waals surface area contributed by atoms with Crippen molar-refractivity contribution in [2.45, 2.75) is 0 Å². The van der Waals surface area contributed by atoms with Crippen LogP contribution in [-0.4, -0.2) is 22.7 Å². The zero-order chi connectivity index (χ0) is 13.0. The van der Waals surface area contributed by atoms with Gasteiger partial charge in [0.2, 0.25) is 17.9 Å². The third-order valence-electron chi connectivity index (χ3n) is 1.71. The molecule has 0 bridgehead atoms. The number of hydrogen-bond acceptors (Lipinski definition) is 6. The molecule has 1 aromatic carbocycles. The first-order valence-electron chi connectivity index (χ1n) is 4.07. The summed E-state index contributed by atoms with van der Waals surface area (Å²) in [6.07, 6.45) is 1.29. The lowest BCUT2D eigenvalue weighted by molar-refractivity contribution is -0.396. The van der Waals surface area contributed by atoms with Crippen LogP contribution in [0, 0.1) is 26.0 Å². The van der Waals surface area contributed by atoms with Crippen molar-refractivity contribution in [3.63, 3.8) is 0 Å². The molecule has 1 radical (unpaired) electrons. The van der Waals surface area contributed by atoms with Gasteiger partial charge >= 0.3 is 11.4 Å². The molecular weight excluding hydrogens is 239 g/mol. The van der Waals surface area contributed by atoms with Gasteiger partial charge in [0.1, 0.15) is 6.07 Å². The number of rotatable bonds is 5. The molecule has 0 N–H and O–H groups in total. The zero-order valence-electron chi connectivity index (χ0n) is 8.08. The number of halogens is 1. The summed E-state index contributed by atoms with van der Waals surface area (Å²) in [5, 5.41) is 20.9. The molecule has 17 heavy (non-hydrogen) atoms. The van der Waals surface area contributed by atoms with E-state index >= 15 is 0 Å². The molecule has 0 heterocycles. The Morgan fingerprint density at radius 2 is 1.82 bits per heavy atom. The molecule has 89 valence electrons. The largest absolute Gasteiger partial charge is 0.478 e. The lowest BCUT2D eigenvalue weighted by Crippen LogP contribution is -2.03. The van der Waals surface area contributed by atoms with Gasteiger partial charge in [-0.15, -0.1) is 0 Å². The Balaban J connectivity index is 3.30. The summed E-state index contributed by atoms with van der Waals surface area (Å²) >= 11 is 0. The summed E-state index contributed by atoms with van der Waals surface area (Å²) in [7, 11) is 0. The van der Waals surface area contributed by atoms with Crippen LogP contribution in [0.3, 0.4) is 0 Å². The number of nitro groups is 2. The van der Waals surface area contributed by atoms with E-state index in [1.807, 2.05) is 0 Å². The maximum atomic E-state index is 13.1. The second-order valence-corrected chi connectivity index (χ2v) is 2.72. The van der Waals surface area contributed by atoms with Crippen molar-refractivity contribution in [1.82, 2.24) is 0 Å². The SMILES string of the molecule is O=[C]COc1cc(F)c([N+](=O)[O-])cc1[N+](=O)[O-]. The smallest absolute Gasteiger partial charge is 0.318 e. The molecule has 0 saturated carbocycles. The van der Waals surface area contributed by atoms with Crippen LogP contribution in [0.1, 0.15) is 0 Å². The summed E-state index contributed by atoms with van der Waals surface area (Å²) in [4.78, 5) is 28.7. The van der Waals surface area contributed by atoms with Crippen molar-refractivity contribution in [2.24, 2.45) is 0 Å². The first-order valence-corrected chi connectivity index (χ1v) is 4.07. The van der Waals surface area contributed by atoms with E-state index in [1.54, 1.807) is 0 Å². The predicted molar refractivity (Wildman–Crippen MR) is 50.9 cm³/mol. The fourth-order valence-electron chi connectivity index (χ4n) is 1.04. The molecule has 0 unspecified atom stereocenters. The highest BCUT2D eigenvalue weighted by molar-refractivity contribution is 5.57. The van der Waals surface area contributed by atoms with Crippen LogP contribution < -0.4 is 4.74 Å². The van der Waals surface area contributed by atoms with Gasteiger partial charge in [0, 0.05) is 6.07 Å². The van der Waals surface area contributed by atoms with Gasteiger partial charge in [0.05, 0.1) is 9.85 Å². The van der Waals surface area contributed by atoms with Crippen LogP contribution in [0.25, 0.3) is 0 Å². The third-order valence-corrected chi connectivity index (χ3v) is 1.71. The van der Waals surface area contributed by atoms with Crippen molar-refractivity contribution < 1.29 is 23.8 Å². The van der Waals surface area contributed by atoms with E-state index in [0.29, 0.717) is 12.1 Å². The number of ether oxygens (including phenoxy) is 1. The lowest BCUT2D eigenvalue weighted by Gasteiger charge is -2.03. The van der Waals surface area contributed by atoms with Gasteiger partial charge in [0.15, 0.2) is 6.61 Å². The van der Waals surface area contributed by atoms with Gasteiger partial charge in [-0.3, -0.25) is 25.0 Å². The maximum absolute atomic E-state index is 13.1. The Labute approximate surface area is 92.9 Å². The van der Waals surface area contributed by atoms with Gasteiger partial charge < -0.3 is 4.74 Å². The number of carbonyl (C=O) groups excluding carboxylic acids is 1. The predicted octanol–water partition coefficient (Wildman–Crippen LogP) is 1.13. The normalized spacial score (nSPS) is 9.71. The Morgan fingerprint density at radius 1 is 1.24 bits per heavy atom. The Hall–Kier alpha value is -2.58. The third kappa shape index (κ3) is 2.71. The van der Waals surface area contributed by atoms with Crippen molar-refractivity contribution >= 4 is 17.7 Å². The minimum atomic E-state index is -1.29. The van der Waals surface area contributed by atoms with Crippen LogP contribution >= 0.6 is 0 Å². The summed E-state index contributed by atoms with van der Waals surface area (Å²) in [6, 6.07) is 0.906. The van der Waals surface area contributed by atoms with E-state index in [4.69, 9.17) is 0 Å². The number of hydrogen-bond donors (Lipinski definition) is 0. The second kappa shape index (κ2) is 4.96. The lowest BCUT2D eigenvalue weighted by atomic mass is 10.2. The van der Waals surface area contributed by atoms with E-state index in [1.165, 1.54) is 6.29 Å². The minimum Gasteiger partial charge on any atom is -0.478 e. The first kappa shape index (κ1) is 12.5. The topological polar surface area (TPSA) is 113 Å². The molecule has 0 atom stereocenters. The molecule has 0 aliphatic heterocycles. The molecular formula is C8H4FN2O6. The van der Waals surface area contributed by atoms with E-state index in [9.17, 15) is 29.4 Å². The van der Waals surface area contributed by atoms with Crippen LogP contribution in [0.2, 0.25) is 0 Å². The van der Waals surface area contributed by atoms with Gasteiger partial charge in [0.25, 0.3) is 0 Å². The molecule has 1 rings (SSSR count).